The summed E-state index contributed by atoms with van der Waals surface area (Å²) in [5, 5.41) is 3.17. The van der Waals surface area contributed by atoms with Crippen molar-refractivity contribution in [3.63, 3.8) is 0 Å². The fraction of sp³-hybridized carbons (Fsp3) is 0.417. The van der Waals surface area contributed by atoms with Crippen molar-refractivity contribution >= 4 is 5.97 Å². The molecular formula is C12H17NO2. The van der Waals surface area contributed by atoms with Crippen LogP contribution in [0.4, 0.5) is 0 Å². The van der Waals surface area contributed by atoms with Crippen molar-refractivity contribution in [2.24, 2.45) is 0 Å². The number of esters is 1. The van der Waals surface area contributed by atoms with E-state index in [1.807, 2.05) is 37.3 Å². The minimum Gasteiger partial charge on any atom is -0.468 e. The summed E-state index contributed by atoms with van der Waals surface area (Å²) in [7, 11) is 1.40. The van der Waals surface area contributed by atoms with Gasteiger partial charge in [-0.3, -0.25) is 10.1 Å². The Morgan fingerprint density at radius 2 is 1.87 bits per heavy atom. The van der Waals surface area contributed by atoms with E-state index in [9.17, 15) is 4.79 Å². The third-order valence-corrected chi connectivity index (χ3v) is 2.35. The number of hydrogen-bond donors (Lipinski definition) is 1. The first-order chi connectivity index (χ1) is 7.15. The smallest absolute Gasteiger partial charge is 0.322 e. The van der Waals surface area contributed by atoms with Crippen LogP contribution in [-0.2, 0) is 9.53 Å². The molecule has 82 valence electrons. The number of carbonyl (C=O) groups excluding carboxylic acids is 1. The molecule has 0 saturated carbocycles. The zero-order valence-electron chi connectivity index (χ0n) is 9.36. The molecule has 0 aliphatic carbocycles. The average Bonchev–Trinajstić information content (AvgIpc) is 2.29. The van der Waals surface area contributed by atoms with Crippen molar-refractivity contribution in [3.05, 3.63) is 35.9 Å². The standard InChI is InChI=1S/C12H17NO2/c1-9(11-7-5-4-6-8-11)13-10(2)12(14)15-3/h4-10,13H,1-3H3/t9-,10?/m1/s1. The van der Waals surface area contributed by atoms with Crippen LogP contribution in [0.5, 0.6) is 0 Å². The van der Waals surface area contributed by atoms with Gasteiger partial charge in [-0.15, -0.1) is 0 Å². The largest absolute Gasteiger partial charge is 0.468 e. The van der Waals surface area contributed by atoms with Crippen LogP contribution in [-0.4, -0.2) is 19.1 Å². The van der Waals surface area contributed by atoms with Crippen molar-refractivity contribution in [1.29, 1.82) is 0 Å². The van der Waals surface area contributed by atoms with E-state index in [4.69, 9.17) is 0 Å². The molecule has 0 aromatic heterocycles. The number of ether oxygens (including phenoxy) is 1. The first kappa shape index (κ1) is 11.7. The lowest BCUT2D eigenvalue weighted by Crippen LogP contribution is -2.36. The number of benzene rings is 1. The Balaban J connectivity index is 2.56. The van der Waals surface area contributed by atoms with Gasteiger partial charge < -0.3 is 4.74 Å². The quantitative estimate of drug-likeness (QED) is 0.766. The van der Waals surface area contributed by atoms with Gasteiger partial charge in [0.15, 0.2) is 0 Å². The molecule has 1 aromatic carbocycles. The second-order valence-corrected chi connectivity index (χ2v) is 3.54. The molecule has 1 N–H and O–H groups in total. The van der Waals surface area contributed by atoms with Gasteiger partial charge in [0.1, 0.15) is 6.04 Å². The number of nitrogens with one attached hydrogen (secondary N) is 1. The van der Waals surface area contributed by atoms with E-state index < -0.39 is 0 Å². The monoisotopic (exact) mass is 207 g/mol. The molecule has 1 unspecified atom stereocenters. The molecule has 3 nitrogen and oxygen atoms in total. The fourth-order valence-corrected chi connectivity index (χ4v) is 1.46. The normalized spacial score (nSPS) is 14.3. The first-order valence-electron chi connectivity index (χ1n) is 5.04. The van der Waals surface area contributed by atoms with Crippen LogP contribution >= 0.6 is 0 Å². The van der Waals surface area contributed by atoms with Gasteiger partial charge in [-0.25, -0.2) is 0 Å². The van der Waals surface area contributed by atoms with Gasteiger partial charge in [0, 0.05) is 6.04 Å². The van der Waals surface area contributed by atoms with E-state index in [0.29, 0.717) is 0 Å². The molecule has 0 amide bonds. The highest BCUT2D eigenvalue weighted by Crippen LogP contribution is 2.11. The number of carbonyl (C=O) groups is 1. The third-order valence-electron chi connectivity index (χ3n) is 2.35. The van der Waals surface area contributed by atoms with Crippen molar-refractivity contribution in [1.82, 2.24) is 5.32 Å². The minimum atomic E-state index is -0.287. The maximum absolute atomic E-state index is 11.2. The second kappa shape index (κ2) is 5.51. The average molecular weight is 207 g/mol. The van der Waals surface area contributed by atoms with Gasteiger partial charge in [-0.2, -0.15) is 0 Å². The third kappa shape index (κ3) is 3.36. The maximum atomic E-state index is 11.2. The Hall–Kier alpha value is -1.35. The molecule has 0 radical (unpaired) electrons. The van der Waals surface area contributed by atoms with E-state index in [0.717, 1.165) is 5.56 Å². The SMILES string of the molecule is COC(=O)C(C)N[C@H](C)c1ccccc1. The van der Waals surface area contributed by atoms with Crippen molar-refractivity contribution in [2.45, 2.75) is 25.9 Å². The van der Waals surface area contributed by atoms with Gasteiger partial charge >= 0.3 is 5.97 Å². The summed E-state index contributed by atoms with van der Waals surface area (Å²) in [5.41, 5.74) is 1.16. The van der Waals surface area contributed by atoms with Crippen LogP contribution in [0, 0.1) is 0 Å². The molecular weight excluding hydrogens is 190 g/mol. The Labute approximate surface area is 90.4 Å². The van der Waals surface area contributed by atoms with Crippen LogP contribution in [0.15, 0.2) is 30.3 Å². The zero-order valence-corrected chi connectivity index (χ0v) is 9.36. The number of methoxy groups -OCH3 is 1. The molecule has 0 saturated heterocycles. The van der Waals surface area contributed by atoms with Crippen LogP contribution in [0.3, 0.4) is 0 Å². The molecule has 2 atom stereocenters. The number of hydrogen-bond acceptors (Lipinski definition) is 3. The Bertz CT molecular complexity index is 311. The summed E-state index contributed by atoms with van der Waals surface area (Å²) in [5.74, 6) is -0.238. The minimum absolute atomic E-state index is 0.139. The number of rotatable bonds is 4. The molecule has 0 aliphatic heterocycles. The van der Waals surface area contributed by atoms with Crippen molar-refractivity contribution in [2.75, 3.05) is 7.11 Å². The summed E-state index contributed by atoms with van der Waals surface area (Å²) in [6.45, 7) is 3.82. The van der Waals surface area contributed by atoms with Crippen molar-refractivity contribution in [3.8, 4) is 0 Å². The van der Waals surface area contributed by atoms with Gasteiger partial charge in [0.05, 0.1) is 7.11 Å². The lowest BCUT2D eigenvalue weighted by atomic mass is 10.1. The van der Waals surface area contributed by atoms with E-state index >= 15 is 0 Å². The van der Waals surface area contributed by atoms with E-state index in [-0.39, 0.29) is 18.1 Å². The van der Waals surface area contributed by atoms with E-state index in [2.05, 4.69) is 10.1 Å². The Kier molecular flexibility index (Phi) is 4.31. The summed E-state index contributed by atoms with van der Waals surface area (Å²) in [4.78, 5) is 11.2. The topological polar surface area (TPSA) is 38.3 Å². The van der Waals surface area contributed by atoms with Crippen LogP contribution < -0.4 is 5.32 Å². The summed E-state index contributed by atoms with van der Waals surface area (Å²) in [6.07, 6.45) is 0. The predicted molar refractivity (Wildman–Crippen MR) is 59.5 cm³/mol. The second-order valence-electron chi connectivity index (χ2n) is 3.54. The Morgan fingerprint density at radius 1 is 1.27 bits per heavy atom. The van der Waals surface area contributed by atoms with Gasteiger partial charge in [0.25, 0.3) is 0 Å². The lowest BCUT2D eigenvalue weighted by Gasteiger charge is -2.18. The summed E-state index contributed by atoms with van der Waals surface area (Å²) < 4.78 is 4.65. The lowest BCUT2D eigenvalue weighted by molar-refractivity contribution is -0.142. The summed E-state index contributed by atoms with van der Waals surface area (Å²) in [6, 6.07) is 9.85. The molecule has 1 aromatic rings. The Morgan fingerprint density at radius 3 is 2.40 bits per heavy atom. The highest BCUT2D eigenvalue weighted by molar-refractivity contribution is 5.75. The van der Waals surface area contributed by atoms with Crippen LogP contribution in [0.2, 0.25) is 0 Å². The molecule has 1 rings (SSSR count). The highest BCUT2D eigenvalue weighted by atomic mass is 16.5. The highest BCUT2D eigenvalue weighted by Gasteiger charge is 2.15. The van der Waals surface area contributed by atoms with Crippen LogP contribution in [0.25, 0.3) is 0 Å². The zero-order chi connectivity index (χ0) is 11.3. The molecule has 3 heteroatoms. The molecule has 0 bridgehead atoms. The molecule has 0 heterocycles. The molecule has 0 aliphatic rings. The fourth-order valence-electron chi connectivity index (χ4n) is 1.46. The van der Waals surface area contributed by atoms with Gasteiger partial charge in [-0.05, 0) is 19.4 Å². The summed E-state index contributed by atoms with van der Waals surface area (Å²) >= 11 is 0. The van der Waals surface area contributed by atoms with Crippen LogP contribution in [0.1, 0.15) is 25.5 Å². The van der Waals surface area contributed by atoms with Gasteiger partial charge in [-0.1, -0.05) is 30.3 Å². The molecule has 15 heavy (non-hydrogen) atoms. The molecule has 0 fully saturated rings. The predicted octanol–water partition coefficient (Wildman–Crippen LogP) is 1.90. The first-order valence-corrected chi connectivity index (χ1v) is 5.04. The maximum Gasteiger partial charge on any atom is 0.322 e. The van der Waals surface area contributed by atoms with Crippen molar-refractivity contribution < 1.29 is 9.53 Å². The molecule has 0 spiro atoms. The van der Waals surface area contributed by atoms with E-state index in [1.165, 1.54) is 7.11 Å². The van der Waals surface area contributed by atoms with Gasteiger partial charge in [0.2, 0.25) is 0 Å². The van der Waals surface area contributed by atoms with E-state index in [1.54, 1.807) is 6.92 Å².